The second-order valence-electron chi connectivity index (χ2n) is 5.60. The van der Waals surface area contributed by atoms with Crippen LogP contribution in [0.15, 0.2) is 12.4 Å². The van der Waals surface area contributed by atoms with Crippen LogP contribution in [0.2, 0.25) is 0 Å². The molecule has 4 nitrogen and oxygen atoms in total. The predicted octanol–water partition coefficient (Wildman–Crippen LogP) is 1.89. The second-order valence-corrected chi connectivity index (χ2v) is 5.60. The fourth-order valence-electron chi connectivity index (χ4n) is 3.06. The van der Waals surface area contributed by atoms with Crippen molar-refractivity contribution in [1.29, 1.82) is 0 Å². The lowest BCUT2D eigenvalue weighted by atomic mass is 9.95. The van der Waals surface area contributed by atoms with Crippen LogP contribution in [0.5, 0.6) is 0 Å². The third-order valence-electron chi connectivity index (χ3n) is 4.13. The van der Waals surface area contributed by atoms with Crippen LogP contribution in [0.1, 0.15) is 37.3 Å². The molecule has 18 heavy (non-hydrogen) atoms. The lowest BCUT2D eigenvalue weighted by Gasteiger charge is -2.29. The Morgan fingerprint density at radius 3 is 2.56 bits per heavy atom. The molecular formula is C14H22N4. The molecule has 0 radical (unpaired) electrons. The maximum Gasteiger partial charge on any atom is 0.147 e. The van der Waals surface area contributed by atoms with Crippen LogP contribution >= 0.6 is 0 Å². The van der Waals surface area contributed by atoms with Crippen LogP contribution in [0.25, 0.3) is 0 Å². The number of hydrogen-bond acceptors (Lipinski definition) is 4. The van der Waals surface area contributed by atoms with Gasteiger partial charge in [0.05, 0.1) is 18.1 Å². The second kappa shape index (κ2) is 5.22. The summed E-state index contributed by atoms with van der Waals surface area (Å²) in [5.74, 6) is 1.63. The van der Waals surface area contributed by atoms with Gasteiger partial charge in [-0.2, -0.15) is 0 Å². The molecule has 0 aliphatic carbocycles. The average molecular weight is 246 g/mol. The number of hydrogen-bond donors (Lipinski definition) is 0. The van der Waals surface area contributed by atoms with Gasteiger partial charge in [0.15, 0.2) is 0 Å². The third kappa shape index (κ3) is 2.48. The summed E-state index contributed by atoms with van der Waals surface area (Å²) in [6.45, 7) is 4.62. The minimum atomic E-state index is 0.573. The van der Waals surface area contributed by atoms with E-state index in [0.29, 0.717) is 5.92 Å². The van der Waals surface area contributed by atoms with Gasteiger partial charge in [-0.15, -0.1) is 0 Å². The molecule has 3 heterocycles. The van der Waals surface area contributed by atoms with E-state index in [1.54, 1.807) is 0 Å². The molecule has 0 aromatic carbocycles. The van der Waals surface area contributed by atoms with Gasteiger partial charge in [0, 0.05) is 25.6 Å². The summed E-state index contributed by atoms with van der Waals surface area (Å²) >= 11 is 0. The minimum absolute atomic E-state index is 0.573. The van der Waals surface area contributed by atoms with Crippen molar-refractivity contribution in [3.8, 4) is 0 Å². The first-order chi connectivity index (χ1) is 8.83. The highest BCUT2D eigenvalue weighted by molar-refractivity contribution is 5.37. The van der Waals surface area contributed by atoms with Crippen LogP contribution in [-0.2, 0) is 0 Å². The zero-order chi connectivity index (χ0) is 12.4. The zero-order valence-corrected chi connectivity index (χ0v) is 11.2. The number of rotatable bonds is 2. The molecule has 2 saturated heterocycles. The Kier molecular flexibility index (Phi) is 3.46. The molecule has 0 amide bonds. The number of nitrogens with zero attached hydrogens (tertiary/aromatic N) is 4. The first kappa shape index (κ1) is 11.9. The van der Waals surface area contributed by atoms with Crippen molar-refractivity contribution in [1.82, 2.24) is 14.9 Å². The highest BCUT2D eigenvalue weighted by Gasteiger charge is 2.21. The molecule has 3 rings (SSSR count). The quantitative estimate of drug-likeness (QED) is 0.797. The van der Waals surface area contributed by atoms with Crippen LogP contribution in [0.3, 0.4) is 0 Å². The highest BCUT2D eigenvalue weighted by atomic mass is 15.2. The summed E-state index contributed by atoms with van der Waals surface area (Å²) < 4.78 is 0. The molecule has 2 aliphatic heterocycles. The van der Waals surface area contributed by atoms with Crippen molar-refractivity contribution < 1.29 is 0 Å². The molecule has 0 bridgehead atoms. The number of piperidine rings is 1. The summed E-state index contributed by atoms with van der Waals surface area (Å²) in [6, 6.07) is 0. The fraction of sp³-hybridized carbons (Fsp3) is 0.714. The Hall–Kier alpha value is -1.16. The fourth-order valence-corrected chi connectivity index (χ4v) is 3.06. The van der Waals surface area contributed by atoms with E-state index in [0.717, 1.165) is 25.5 Å². The van der Waals surface area contributed by atoms with E-state index in [9.17, 15) is 0 Å². The van der Waals surface area contributed by atoms with Gasteiger partial charge in [0.1, 0.15) is 5.82 Å². The van der Waals surface area contributed by atoms with E-state index < -0.39 is 0 Å². The Morgan fingerprint density at radius 1 is 1.06 bits per heavy atom. The zero-order valence-electron chi connectivity index (χ0n) is 11.2. The van der Waals surface area contributed by atoms with Gasteiger partial charge in [0.25, 0.3) is 0 Å². The van der Waals surface area contributed by atoms with Gasteiger partial charge in [-0.3, -0.25) is 4.98 Å². The van der Waals surface area contributed by atoms with Crippen molar-refractivity contribution in [3.63, 3.8) is 0 Å². The molecule has 1 aromatic rings. The van der Waals surface area contributed by atoms with Crippen LogP contribution in [0.4, 0.5) is 5.82 Å². The summed E-state index contributed by atoms with van der Waals surface area (Å²) in [7, 11) is 2.19. The molecule has 4 heteroatoms. The maximum atomic E-state index is 4.65. The van der Waals surface area contributed by atoms with Crippen molar-refractivity contribution in [2.75, 3.05) is 38.1 Å². The molecular weight excluding hydrogens is 224 g/mol. The Balaban J connectivity index is 1.70. The Bertz CT molecular complexity index is 383. The molecule has 0 N–H and O–H groups in total. The number of anilines is 1. The Labute approximate surface area is 109 Å². The van der Waals surface area contributed by atoms with Gasteiger partial charge in [-0.1, -0.05) is 0 Å². The highest BCUT2D eigenvalue weighted by Crippen LogP contribution is 2.25. The lowest BCUT2D eigenvalue weighted by Crippen LogP contribution is -2.31. The van der Waals surface area contributed by atoms with Crippen molar-refractivity contribution in [2.45, 2.75) is 31.6 Å². The summed E-state index contributed by atoms with van der Waals surface area (Å²) in [5, 5.41) is 0. The van der Waals surface area contributed by atoms with E-state index in [1.807, 2.05) is 12.4 Å². The number of likely N-dealkylation sites (tertiary alicyclic amines) is 1. The van der Waals surface area contributed by atoms with E-state index >= 15 is 0 Å². The summed E-state index contributed by atoms with van der Waals surface area (Å²) in [4.78, 5) is 14.0. The summed E-state index contributed by atoms with van der Waals surface area (Å²) in [5.41, 5.74) is 1.17. The first-order valence-corrected chi connectivity index (χ1v) is 7.08. The van der Waals surface area contributed by atoms with Gasteiger partial charge in [-0.25, -0.2) is 4.98 Å². The topological polar surface area (TPSA) is 32.3 Å². The van der Waals surface area contributed by atoms with Gasteiger partial charge in [0.2, 0.25) is 0 Å². The molecule has 0 spiro atoms. The average Bonchev–Trinajstić information content (AvgIpc) is 2.93. The van der Waals surface area contributed by atoms with Crippen LogP contribution < -0.4 is 4.90 Å². The van der Waals surface area contributed by atoms with Crippen molar-refractivity contribution in [3.05, 3.63) is 18.1 Å². The predicted molar refractivity (Wildman–Crippen MR) is 73.0 cm³/mol. The molecule has 2 fully saturated rings. The van der Waals surface area contributed by atoms with Gasteiger partial charge < -0.3 is 9.80 Å². The molecule has 1 aromatic heterocycles. The number of aromatic nitrogens is 2. The van der Waals surface area contributed by atoms with Crippen molar-refractivity contribution >= 4 is 5.82 Å². The first-order valence-electron chi connectivity index (χ1n) is 7.08. The van der Waals surface area contributed by atoms with Crippen molar-refractivity contribution in [2.24, 2.45) is 0 Å². The molecule has 0 saturated carbocycles. The molecule has 1 atom stereocenters. The normalized spacial score (nSPS) is 25.6. The molecule has 98 valence electrons. The maximum absolute atomic E-state index is 4.65. The number of likely N-dealkylation sites (N-methyl/N-ethyl adjacent to an activating group) is 1. The molecule has 1 unspecified atom stereocenters. The standard InChI is InChI=1S/C14H22N4/c1-17-6-4-5-12(11-17)13-9-16-14(10-15-13)18-7-2-3-8-18/h9-10,12H,2-8,11H2,1H3. The molecule has 2 aliphatic rings. The van der Waals surface area contributed by atoms with E-state index in [4.69, 9.17) is 0 Å². The van der Waals surface area contributed by atoms with Crippen LogP contribution in [0, 0.1) is 0 Å². The summed E-state index contributed by atoms with van der Waals surface area (Å²) in [6.07, 6.45) is 9.07. The SMILES string of the molecule is CN1CCCC(c2cnc(N3CCCC3)cn2)C1. The van der Waals surface area contributed by atoms with Gasteiger partial charge in [-0.05, 0) is 39.3 Å². The Morgan fingerprint density at radius 2 is 1.89 bits per heavy atom. The van der Waals surface area contributed by atoms with E-state index in [1.165, 1.54) is 37.9 Å². The smallest absolute Gasteiger partial charge is 0.147 e. The largest absolute Gasteiger partial charge is 0.355 e. The van der Waals surface area contributed by atoms with Gasteiger partial charge >= 0.3 is 0 Å². The van der Waals surface area contributed by atoms with E-state index in [-0.39, 0.29) is 0 Å². The monoisotopic (exact) mass is 246 g/mol. The lowest BCUT2D eigenvalue weighted by molar-refractivity contribution is 0.248. The minimum Gasteiger partial charge on any atom is -0.355 e. The third-order valence-corrected chi connectivity index (χ3v) is 4.13. The van der Waals surface area contributed by atoms with Crippen LogP contribution in [-0.4, -0.2) is 48.1 Å². The van der Waals surface area contributed by atoms with E-state index in [2.05, 4.69) is 26.8 Å².